The zero-order valence-corrected chi connectivity index (χ0v) is 9.74. The van der Waals surface area contributed by atoms with Gasteiger partial charge in [-0.3, -0.25) is 0 Å². The second-order valence-corrected chi connectivity index (χ2v) is 2.40. The van der Waals surface area contributed by atoms with Crippen LogP contribution >= 0.6 is 0 Å². The third kappa shape index (κ3) is 4.31. The van der Waals surface area contributed by atoms with E-state index in [-0.39, 0.29) is 36.0 Å². The molecule has 13 heavy (non-hydrogen) atoms. The summed E-state index contributed by atoms with van der Waals surface area (Å²) >= 11 is 0. The fourth-order valence-corrected chi connectivity index (χ4v) is 0.910. The first-order chi connectivity index (χ1) is 5.72. The Morgan fingerprint density at radius 3 is 2.31 bits per heavy atom. The number of hydrogen-bond donors (Lipinski definition) is 0. The molecule has 0 aliphatic heterocycles. The third-order valence-corrected chi connectivity index (χ3v) is 1.51. The number of carbonyl (C=O) groups excluding carboxylic acids is 1. The van der Waals surface area contributed by atoms with Gasteiger partial charge in [0.1, 0.15) is 5.75 Å². The van der Waals surface area contributed by atoms with Crippen LogP contribution in [0.3, 0.4) is 0 Å². The van der Waals surface area contributed by atoms with Crippen LogP contribution in [-0.4, -0.2) is 13.1 Å². The number of carbonyl (C=O) groups is 1. The molecule has 0 aliphatic rings. The minimum Gasteiger partial charge on any atom is -0.550 e. The van der Waals surface area contributed by atoms with Gasteiger partial charge in [-0.25, -0.2) is 0 Å². The number of aliphatic carboxylic acids is 1. The van der Waals surface area contributed by atoms with Gasteiger partial charge in [-0.2, -0.15) is 0 Å². The van der Waals surface area contributed by atoms with Gasteiger partial charge in [-0.15, -0.1) is 0 Å². The molecule has 0 spiro atoms. The van der Waals surface area contributed by atoms with Crippen molar-refractivity contribution in [1.82, 2.24) is 0 Å². The maximum absolute atomic E-state index is 10.2. The van der Waals surface area contributed by atoms with Crippen molar-refractivity contribution in [3.05, 3.63) is 29.8 Å². The SMILES string of the molecule is COc1ccc(CC(=O)[O-])cc1.[Na+]. The van der Waals surface area contributed by atoms with Gasteiger partial charge >= 0.3 is 29.6 Å². The zero-order valence-electron chi connectivity index (χ0n) is 7.74. The van der Waals surface area contributed by atoms with Crippen molar-refractivity contribution in [1.29, 1.82) is 0 Å². The Balaban J connectivity index is 0.00000144. The molecule has 3 nitrogen and oxygen atoms in total. The molecule has 0 amide bonds. The van der Waals surface area contributed by atoms with Crippen molar-refractivity contribution in [2.24, 2.45) is 0 Å². The fraction of sp³-hybridized carbons (Fsp3) is 0.222. The number of rotatable bonds is 3. The maximum atomic E-state index is 10.2. The van der Waals surface area contributed by atoms with Gasteiger partial charge < -0.3 is 14.6 Å². The standard InChI is InChI=1S/C9H10O3.Na/c1-12-8-4-2-7(3-5-8)6-9(10)11;/h2-5H,6H2,1H3,(H,10,11);/q;+1/p-1. The van der Waals surface area contributed by atoms with Gasteiger partial charge in [0.2, 0.25) is 0 Å². The van der Waals surface area contributed by atoms with Crippen LogP contribution in [0.2, 0.25) is 0 Å². The summed E-state index contributed by atoms with van der Waals surface area (Å²) in [4.78, 5) is 10.2. The summed E-state index contributed by atoms with van der Waals surface area (Å²) in [6, 6.07) is 6.85. The second kappa shape index (κ2) is 6.02. The Hall–Kier alpha value is -0.510. The van der Waals surface area contributed by atoms with E-state index >= 15 is 0 Å². The fourth-order valence-electron chi connectivity index (χ4n) is 0.910. The quantitative estimate of drug-likeness (QED) is 0.475. The van der Waals surface area contributed by atoms with Gasteiger partial charge in [-0.05, 0) is 17.7 Å². The molecule has 0 unspecified atom stereocenters. The molecule has 1 aromatic carbocycles. The minimum atomic E-state index is -1.07. The molecule has 0 aromatic heterocycles. The number of ether oxygens (including phenoxy) is 1. The topological polar surface area (TPSA) is 49.4 Å². The molecule has 64 valence electrons. The maximum Gasteiger partial charge on any atom is 1.00 e. The molecule has 0 saturated heterocycles. The van der Waals surface area contributed by atoms with E-state index in [2.05, 4.69) is 0 Å². The normalized spacial score (nSPS) is 8.69. The second-order valence-electron chi connectivity index (χ2n) is 2.40. The first-order valence-electron chi connectivity index (χ1n) is 3.55. The predicted molar refractivity (Wildman–Crippen MR) is 41.7 cm³/mol. The zero-order chi connectivity index (χ0) is 8.97. The molecule has 0 bridgehead atoms. The monoisotopic (exact) mass is 188 g/mol. The molecule has 1 rings (SSSR count). The van der Waals surface area contributed by atoms with Crippen LogP contribution in [0.1, 0.15) is 5.56 Å². The molecule has 0 fully saturated rings. The van der Waals surface area contributed by atoms with Gasteiger partial charge in [0, 0.05) is 12.4 Å². The van der Waals surface area contributed by atoms with E-state index in [1.165, 1.54) is 0 Å². The summed E-state index contributed by atoms with van der Waals surface area (Å²) < 4.78 is 4.91. The molecular formula is C9H9NaO3. The van der Waals surface area contributed by atoms with E-state index in [0.717, 1.165) is 11.3 Å². The first kappa shape index (κ1) is 12.5. The Morgan fingerprint density at radius 2 is 1.92 bits per heavy atom. The van der Waals surface area contributed by atoms with Gasteiger partial charge in [-0.1, -0.05) is 12.1 Å². The van der Waals surface area contributed by atoms with Crippen molar-refractivity contribution in [3.8, 4) is 5.75 Å². The van der Waals surface area contributed by atoms with Crippen molar-refractivity contribution < 1.29 is 44.2 Å². The minimum absolute atomic E-state index is 0. The predicted octanol–water partition coefficient (Wildman–Crippen LogP) is -3.01. The number of methoxy groups -OCH3 is 1. The Bertz CT molecular complexity index is 269. The average Bonchev–Trinajstić information content (AvgIpc) is 2.05. The van der Waals surface area contributed by atoms with E-state index in [1.54, 1.807) is 31.4 Å². The molecule has 4 heteroatoms. The van der Waals surface area contributed by atoms with E-state index in [4.69, 9.17) is 4.74 Å². The summed E-state index contributed by atoms with van der Waals surface area (Å²) in [5.74, 6) is -0.350. The van der Waals surface area contributed by atoms with Crippen LogP contribution < -0.4 is 39.4 Å². The van der Waals surface area contributed by atoms with Crippen molar-refractivity contribution >= 4 is 5.97 Å². The van der Waals surface area contributed by atoms with Crippen LogP contribution in [-0.2, 0) is 11.2 Å². The van der Waals surface area contributed by atoms with Gasteiger partial charge in [0.25, 0.3) is 0 Å². The molecular weight excluding hydrogens is 179 g/mol. The van der Waals surface area contributed by atoms with E-state index in [9.17, 15) is 9.90 Å². The van der Waals surface area contributed by atoms with Crippen molar-refractivity contribution in [2.75, 3.05) is 7.11 Å². The summed E-state index contributed by atoms with van der Waals surface area (Å²) in [5, 5.41) is 10.2. The number of carboxylic acids is 1. The summed E-state index contributed by atoms with van der Waals surface area (Å²) in [6.45, 7) is 0. The molecule has 1 aromatic rings. The van der Waals surface area contributed by atoms with E-state index in [0.29, 0.717) is 0 Å². The molecule has 0 aliphatic carbocycles. The Labute approximate surface area is 99.0 Å². The van der Waals surface area contributed by atoms with Crippen molar-refractivity contribution in [3.63, 3.8) is 0 Å². The van der Waals surface area contributed by atoms with E-state index < -0.39 is 5.97 Å². The van der Waals surface area contributed by atoms with Gasteiger partial charge in [0.05, 0.1) is 7.11 Å². The third-order valence-electron chi connectivity index (χ3n) is 1.51. The molecule has 0 saturated carbocycles. The molecule has 0 heterocycles. The Kier molecular flexibility index (Phi) is 5.79. The smallest absolute Gasteiger partial charge is 0.550 e. The largest absolute Gasteiger partial charge is 1.00 e. The van der Waals surface area contributed by atoms with Crippen LogP contribution in [0.25, 0.3) is 0 Å². The Morgan fingerprint density at radius 1 is 1.38 bits per heavy atom. The summed E-state index contributed by atoms with van der Waals surface area (Å²) in [5.41, 5.74) is 0.718. The van der Waals surface area contributed by atoms with Crippen LogP contribution in [0, 0.1) is 0 Å². The molecule has 0 atom stereocenters. The number of benzene rings is 1. The average molecular weight is 188 g/mol. The number of carboxylic acid groups (broad SMARTS) is 1. The van der Waals surface area contributed by atoms with E-state index in [1.807, 2.05) is 0 Å². The number of hydrogen-bond acceptors (Lipinski definition) is 3. The molecule has 0 N–H and O–H groups in total. The van der Waals surface area contributed by atoms with Crippen LogP contribution in [0.5, 0.6) is 5.75 Å². The first-order valence-corrected chi connectivity index (χ1v) is 3.55. The molecule has 0 radical (unpaired) electrons. The summed E-state index contributed by atoms with van der Waals surface area (Å²) in [6.07, 6.45) is -0.0516. The van der Waals surface area contributed by atoms with Crippen LogP contribution in [0.15, 0.2) is 24.3 Å². The van der Waals surface area contributed by atoms with Gasteiger partial charge in [0.15, 0.2) is 0 Å². The van der Waals surface area contributed by atoms with Crippen LogP contribution in [0.4, 0.5) is 0 Å². The summed E-state index contributed by atoms with van der Waals surface area (Å²) in [7, 11) is 1.56. The van der Waals surface area contributed by atoms with Crippen molar-refractivity contribution in [2.45, 2.75) is 6.42 Å².